The van der Waals surface area contributed by atoms with Gasteiger partial charge >= 0.3 is 11.6 Å². The van der Waals surface area contributed by atoms with Crippen LogP contribution in [0.25, 0.3) is 11.0 Å². The van der Waals surface area contributed by atoms with Crippen LogP contribution in [0, 0.1) is 6.92 Å². The van der Waals surface area contributed by atoms with E-state index in [-0.39, 0.29) is 0 Å². The molecule has 0 aliphatic carbocycles. The molecule has 0 bridgehead atoms. The summed E-state index contributed by atoms with van der Waals surface area (Å²) in [6.07, 6.45) is 0. The highest BCUT2D eigenvalue weighted by Crippen LogP contribution is 2.26. The number of hydrogen-bond donors (Lipinski definition) is 0. The number of esters is 1. The minimum absolute atomic E-state index is 0.380. The molecule has 1 aromatic carbocycles. The van der Waals surface area contributed by atoms with E-state index in [0.717, 1.165) is 10.9 Å². The van der Waals surface area contributed by atoms with Crippen molar-refractivity contribution in [3.8, 4) is 5.75 Å². The summed E-state index contributed by atoms with van der Waals surface area (Å²) < 4.78 is 10.4. The Morgan fingerprint density at radius 2 is 2.12 bits per heavy atom. The van der Waals surface area contributed by atoms with Gasteiger partial charge in [-0.25, -0.2) is 4.79 Å². The molecule has 5 heteroatoms. The van der Waals surface area contributed by atoms with E-state index in [1.807, 2.05) is 0 Å². The summed E-state index contributed by atoms with van der Waals surface area (Å²) in [6, 6.07) is 4.86. The third-order valence-corrected chi connectivity index (χ3v) is 3.25. The summed E-state index contributed by atoms with van der Waals surface area (Å²) in [5.74, 6) is 0.0345. The maximum absolute atomic E-state index is 11.4. The van der Waals surface area contributed by atoms with Gasteiger partial charge in [-0.3, -0.25) is 4.79 Å². The number of rotatable bonds is 1. The fourth-order valence-corrected chi connectivity index (χ4v) is 1.83. The van der Waals surface area contributed by atoms with Crippen molar-refractivity contribution in [1.82, 2.24) is 0 Å². The van der Waals surface area contributed by atoms with E-state index in [1.54, 1.807) is 25.1 Å². The van der Waals surface area contributed by atoms with Gasteiger partial charge in [0.25, 0.3) is 0 Å². The van der Waals surface area contributed by atoms with E-state index in [1.165, 1.54) is 6.92 Å². The topological polar surface area (TPSA) is 56.5 Å². The first-order valence-electron chi connectivity index (χ1n) is 4.90. The van der Waals surface area contributed by atoms with Gasteiger partial charge < -0.3 is 9.15 Å². The number of fused-ring (bicyclic) bond motifs is 1. The molecule has 0 fully saturated rings. The lowest BCUT2D eigenvalue weighted by Crippen LogP contribution is -2.04. The van der Waals surface area contributed by atoms with Gasteiger partial charge in [0, 0.05) is 12.3 Å². The number of aryl methyl sites for hydroxylation is 1. The van der Waals surface area contributed by atoms with Crippen molar-refractivity contribution in [2.24, 2.45) is 0 Å². The lowest BCUT2D eigenvalue weighted by atomic mass is 10.1. The molecule has 17 heavy (non-hydrogen) atoms. The smallest absolute Gasteiger partial charge is 0.350 e. The lowest BCUT2D eigenvalue weighted by molar-refractivity contribution is -0.131. The van der Waals surface area contributed by atoms with E-state index in [4.69, 9.17) is 9.15 Å². The zero-order valence-corrected chi connectivity index (χ0v) is 10.8. The molecule has 0 amide bonds. The quantitative estimate of drug-likeness (QED) is 0.461. The summed E-state index contributed by atoms with van der Waals surface area (Å²) >= 11 is 3.16. The SMILES string of the molecule is CC(=O)Oc1ccc2oc(=O)c(Br)c(C)c2c1. The molecule has 1 aromatic heterocycles. The first kappa shape index (κ1) is 11.9. The monoisotopic (exact) mass is 296 g/mol. The zero-order chi connectivity index (χ0) is 12.6. The normalized spacial score (nSPS) is 10.5. The molecule has 0 unspecified atom stereocenters. The third kappa shape index (κ3) is 2.24. The second kappa shape index (κ2) is 4.33. The summed E-state index contributed by atoms with van der Waals surface area (Å²) in [4.78, 5) is 22.3. The van der Waals surface area contributed by atoms with Crippen LogP contribution in [0.1, 0.15) is 12.5 Å². The molecule has 0 radical (unpaired) electrons. The van der Waals surface area contributed by atoms with Gasteiger partial charge in [-0.15, -0.1) is 0 Å². The second-order valence-electron chi connectivity index (χ2n) is 3.58. The Kier molecular flexibility index (Phi) is 3.02. The maximum Gasteiger partial charge on any atom is 0.350 e. The highest BCUT2D eigenvalue weighted by Gasteiger charge is 2.10. The van der Waals surface area contributed by atoms with E-state index < -0.39 is 11.6 Å². The largest absolute Gasteiger partial charge is 0.427 e. The summed E-state index contributed by atoms with van der Waals surface area (Å²) in [5, 5.41) is 0.732. The van der Waals surface area contributed by atoms with Gasteiger partial charge in [-0.2, -0.15) is 0 Å². The minimum atomic E-state index is -0.421. The number of benzene rings is 1. The van der Waals surface area contributed by atoms with Crippen molar-refractivity contribution < 1.29 is 13.9 Å². The Morgan fingerprint density at radius 3 is 2.76 bits per heavy atom. The van der Waals surface area contributed by atoms with Crippen LogP contribution in [0.2, 0.25) is 0 Å². The molecule has 88 valence electrons. The Balaban J connectivity index is 2.68. The molecule has 0 saturated carbocycles. The molecule has 0 aliphatic rings. The van der Waals surface area contributed by atoms with Crippen LogP contribution in [-0.2, 0) is 4.79 Å². The molecule has 0 spiro atoms. The zero-order valence-electron chi connectivity index (χ0n) is 9.24. The van der Waals surface area contributed by atoms with Crippen LogP contribution >= 0.6 is 15.9 Å². The highest BCUT2D eigenvalue weighted by atomic mass is 79.9. The van der Waals surface area contributed by atoms with Gasteiger partial charge in [0.15, 0.2) is 0 Å². The number of carbonyl (C=O) groups is 1. The predicted molar refractivity (Wildman–Crippen MR) is 66.2 cm³/mol. The van der Waals surface area contributed by atoms with Crippen molar-refractivity contribution >= 4 is 32.9 Å². The van der Waals surface area contributed by atoms with E-state index in [9.17, 15) is 9.59 Å². The molecular formula is C12H9BrO4. The Bertz CT molecular complexity index is 657. The van der Waals surface area contributed by atoms with Crippen LogP contribution < -0.4 is 10.4 Å². The molecule has 0 saturated heterocycles. The van der Waals surface area contributed by atoms with Gasteiger partial charge in [0.05, 0.1) is 0 Å². The molecule has 2 aromatic rings. The number of ether oxygens (including phenoxy) is 1. The lowest BCUT2D eigenvalue weighted by Gasteiger charge is -2.05. The van der Waals surface area contributed by atoms with E-state index in [0.29, 0.717) is 15.8 Å². The van der Waals surface area contributed by atoms with Crippen LogP contribution in [0.4, 0.5) is 0 Å². The minimum Gasteiger partial charge on any atom is -0.427 e. The average molecular weight is 297 g/mol. The van der Waals surface area contributed by atoms with Gasteiger partial charge in [-0.1, -0.05) is 0 Å². The Labute approximate surface area is 105 Å². The van der Waals surface area contributed by atoms with Crippen LogP contribution in [-0.4, -0.2) is 5.97 Å². The molecule has 1 heterocycles. The molecular weight excluding hydrogens is 288 g/mol. The van der Waals surface area contributed by atoms with Crippen molar-refractivity contribution in [2.75, 3.05) is 0 Å². The fraction of sp³-hybridized carbons (Fsp3) is 0.167. The Morgan fingerprint density at radius 1 is 1.41 bits per heavy atom. The van der Waals surface area contributed by atoms with Gasteiger partial charge in [0.1, 0.15) is 15.8 Å². The van der Waals surface area contributed by atoms with Crippen LogP contribution in [0.15, 0.2) is 31.9 Å². The summed E-state index contributed by atoms with van der Waals surface area (Å²) in [7, 11) is 0. The standard InChI is InChI=1S/C12H9BrO4/c1-6-9-5-8(16-7(2)14)3-4-10(9)17-12(15)11(6)13/h3-5H,1-2H3. The molecule has 2 rings (SSSR count). The average Bonchev–Trinajstić information content (AvgIpc) is 2.26. The van der Waals surface area contributed by atoms with E-state index >= 15 is 0 Å². The molecule has 0 aliphatic heterocycles. The van der Waals surface area contributed by atoms with Crippen LogP contribution in [0.3, 0.4) is 0 Å². The third-order valence-electron chi connectivity index (χ3n) is 2.33. The molecule has 0 N–H and O–H groups in total. The number of halogens is 1. The van der Waals surface area contributed by atoms with Crippen LogP contribution in [0.5, 0.6) is 5.75 Å². The maximum atomic E-state index is 11.4. The molecule has 0 atom stereocenters. The first-order chi connectivity index (χ1) is 7.99. The van der Waals surface area contributed by atoms with E-state index in [2.05, 4.69) is 15.9 Å². The van der Waals surface area contributed by atoms with Crippen molar-refractivity contribution in [3.05, 3.63) is 38.7 Å². The fourth-order valence-electron chi connectivity index (χ4n) is 1.54. The predicted octanol–water partition coefficient (Wildman–Crippen LogP) is 2.79. The number of hydrogen-bond acceptors (Lipinski definition) is 4. The molecule has 4 nitrogen and oxygen atoms in total. The van der Waals surface area contributed by atoms with Crippen molar-refractivity contribution in [1.29, 1.82) is 0 Å². The van der Waals surface area contributed by atoms with Gasteiger partial charge in [-0.05, 0) is 46.6 Å². The first-order valence-corrected chi connectivity index (χ1v) is 5.69. The summed E-state index contributed by atoms with van der Waals surface area (Å²) in [5.41, 5.74) is 0.798. The summed E-state index contributed by atoms with van der Waals surface area (Å²) in [6.45, 7) is 3.12. The van der Waals surface area contributed by atoms with Crippen molar-refractivity contribution in [2.45, 2.75) is 13.8 Å². The van der Waals surface area contributed by atoms with Gasteiger partial charge in [0.2, 0.25) is 0 Å². The highest BCUT2D eigenvalue weighted by molar-refractivity contribution is 9.10. The van der Waals surface area contributed by atoms with Crippen molar-refractivity contribution in [3.63, 3.8) is 0 Å². The number of carbonyl (C=O) groups excluding carboxylic acids is 1. The Hall–Kier alpha value is -1.62. The second-order valence-corrected chi connectivity index (χ2v) is 4.37.